The summed E-state index contributed by atoms with van der Waals surface area (Å²) in [6.07, 6.45) is 3.16. The zero-order valence-corrected chi connectivity index (χ0v) is 21.6. The second-order valence-corrected chi connectivity index (χ2v) is 11.7. The second-order valence-electron chi connectivity index (χ2n) is 11.7. The van der Waals surface area contributed by atoms with Crippen LogP contribution >= 0.6 is 0 Å². The summed E-state index contributed by atoms with van der Waals surface area (Å²) in [5, 5.41) is 15.4. The lowest BCUT2D eigenvalue weighted by Crippen LogP contribution is -2.63. The van der Waals surface area contributed by atoms with Crippen molar-refractivity contribution in [2.75, 3.05) is 38.3 Å². The van der Waals surface area contributed by atoms with Crippen molar-refractivity contribution in [3.8, 4) is 0 Å². The lowest BCUT2D eigenvalue weighted by molar-refractivity contribution is -0.178. The Bertz CT molecular complexity index is 1060. The van der Waals surface area contributed by atoms with Crippen molar-refractivity contribution < 1.29 is 32.5 Å². The predicted molar refractivity (Wildman–Crippen MR) is 130 cm³/mol. The number of aliphatic hydroxyl groups is 1. The van der Waals surface area contributed by atoms with E-state index in [-0.39, 0.29) is 42.0 Å². The summed E-state index contributed by atoms with van der Waals surface area (Å²) in [6, 6.07) is 0.00576. The smallest absolute Gasteiger partial charge is 0.389 e. The molecule has 1 amide bonds. The number of anilines is 1. The zero-order chi connectivity index (χ0) is 26.7. The van der Waals surface area contributed by atoms with Gasteiger partial charge in [-0.1, -0.05) is 0 Å². The number of halogens is 3. The third-order valence-electron chi connectivity index (χ3n) is 9.76. The lowest BCUT2D eigenvalue weighted by atomic mass is 9.59. The van der Waals surface area contributed by atoms with Gasteiger partial charge in [-0.05, 0) is 51.4 Å². The molecule has 1 aromatic rings. The summed E-state index contributed by atoms with van der Waals surface area (Å²) in [7, 11) is 1.68. The van der Waals surface area contributed by atoms with Crippen LogP contribution in [-0.2, 0) is 20.4 Å². The van der Waals surface area contributed by atoms with Gasteiger partial charge in [0.2, 0.25) is 5.91 Å². The molecule has 2 bridgehead atoms. The number of hydrogen-bond donors (Lipinski definition) is 2. The maximum atomic E-state index is 14.3. The van der Waals surface area contributed by atoms with Crippen LogP contribution in [0, 0.1) is 5.41 Å². The van der Waals surface area contributed by atoms with Gasteiger partial charge >= 0.3 is 6.18 Å². The number of alkyl halides is 3. The number of nitrogens with one attached hydrogen (secondary N) is 1. The molecule has 3 saturated heterocycles. The Hall–Kier alpha value is -2.02. The Morgan fingerprint density at radius 1 is 1.21 bits per heavy atom. The summed E-state index contributed by atoms with van der Waals surface area (Å²) < 4.78 is 50.7. The minimum atomic E-state index is -4.56. The topological polar surface area (TPSA) is 100 Å². The van der Waals surface area contributed by atoms with Gasteiger partial charge in [0, 0.05) is 38.9 Å². The number of aromatic nitrogens is 2. The Morgan fingerprint density at radius 3 is 2.68 bits per heavy atom. The van der Waals surface area contributed by atoms with E-state index in [2.05, 4.69) is 15.3 Å². The van der Waals surface area contributed by atoms with Gasteiger partial charge in [0.15, 0.2) is 5.69 Å². The molecule has 6 rings (SSSR count). The molecule has 0 radical (unpaired) electrons. The summed E-state index contributed by atoms with van der Waals surface area (Å²) in [4.78, 5) is 25.6. The first-order valence-electron chi connectivity index (χ1n) is 13.7. The number of likely N-dealkylation sites (tertiary alicyclic amines) is 1. The van der Waals surface area contributed by atoms with Gasteiger partial charge in [-0.2, -0.15) is 13.2 Å². The molecule has 12 heteroatoms. The first kappa shape index (κ1) is 26.2. The molecular formula is C26H36F3N5O4. The van der Waals surface area contributed by atoms with Crippen LogP contribution in [0.4, 0.5) is 19.0 Å². The van der Waals surface area contributed by atoms with Crippen LogP contribution in [0.5, 0.6) is 0 Å². The van der Waals surface area contributed by atoms with Crippen LogP contribution < -0.4 is 10.2 Å². The average Bonchev–Trinajstić information content (AvgIpc) is 3.62. The van der Waals surface area contributed by atoms with Gasteiger partial charge < -0.3 is 29.7 Å². The number of amides is 1. The Kier molecular flexibility index (Phi) is 6.60. The fraction of sp³-hybridized carbons (Fsp3) is 0.808. The standard InChI is InChI=1S/C26H36F3N5O4/c1-37-20-15-38-8-4-19(20)31-16-3-7-24(10-16,25(36)5-2-6-25)23(35)34-14-17-9-18(34)13-33(17)22-12-30-11-21(32-22)26(27,28)29/h11-12,16-20,31,36H,2-10,13-15H2,1H3. The van der Waals surface area contributed by atoms with E-state index in [1.165, 1.54) is 6.20 Å². The highest BCUT2D eigenvalue weighted by molar-refractivity contribution is 5.86. The largest absolute Gasteiger partial charge is 0.434 e. The fourth-order valence-electron chi connectivity index (χ4n) is 7.53. The first-order valence-corrected chi connectivity index (χ1v) is 13.7. The maximum absolute atomic E-state index is 14.3. The number of hydrogen-bond acceptors (Lipinski definition) is 8. The van der Waals surface area contributed by atoms with E-state index in [1.54, 1.807) is 7.11 Å². The normalized spacial score (nSPS) is 36.5. The van der Waals surface area contributed by atoms with E-state index in [0.717, 1.165) is 25.5 Å². The highest BCUT2D eigenvalue weighted by Gasteiger charge is 2.64. The summed E-state index contributed by atoms with van der Waals surface area (Å²) >= 11 is 0. The molecule has 5 aliphatic rings. The molecule has 1 aromatic heterocycles. The first-order chi connectivity index (χ1) is 18.1. The van der Waals surface area contributed by atoms with Crippen molar-refractivity contribution in [1.82, 2.24) is 20.2 Å². The quantitative estimate of drug-likeness (QED) is 0.568. The van der Waals surface area contributed by atoms with Crippen molar-refractivity contribution >= 4 is 11.7 Å². The number of nitrogens with zero attached hydrogens (tertiary/aromatic N) is 4. The van der Waals surface area contributed by atoms with E-state index in [9.17, 15) is 23.1 Å². The maximum Gasteiger partial charge on any atom is 0.434 e. The third kappa shape index (κ3) is 4.28. The Balaban J connectivity index is 1.17. The van der Waals surface area contributed by atoms with Crippen molar-refractivity contribution in [1.29, 1.82) is 0 Å². The van der Waals surface area contributed by atoms with Crippen LogP contribution in [0.3, 0.4) is 0 Å². The molecule has 38 heavy (non-hydrogen) atoms. The van der Waals surface area contributed by atoms with Crippen molar-refractivity contribution in [3.05, 3.63) is 18.1 Å². The number of carbonyl (C=O) groups excluding carboxylic acids is 1. The summed E-state index contributed by atoms with van der Waals surface area (Å²) in [5.41, 5.74) is -2.87. The minimum absolute atomic E-state index is 0.00143. The number of carbonyl (C=O) groups is 1. The Labute approximate surface area is 220 Å². The molecule has 210 valence electrons. The number of fused-ring (bicyclic) bond motifs is 2. The van der Waals surface area contributed by atoms with Crippen LogP contribution in [0.25, 0.3) is 0 Å². The van der Waals surface area contributed by atoms with E-state index in [4.69, 9.17) is 9.47 Å². The van der Waals surface area contributed by atoms with E-state index < -0.39 is 22.9 Å². The molecule has 0 aromatic carbocycles. The second kappa shape index (κ2) is 9.57. The molecule has 9 nitrogen and oxygen atoms in total. The van der Waals surface area contributed by atoms with Gasteiger partial charge in [-0.25, -0.2) is 4.98 Å². The molecule has 5 fully saturated rings. The molecule has 2 aliphatic carbocycles. The number of rotatable bonds is 6. The van der Waals surface area contributed by atoms with Crippen LogP contribution in [0.1, 0.15) is 57.1 Å². The fourth-order valence-corrected chi connectivity index (χ4v) is 7.53. The number of piperazine rings is 1. The molecule has 6 unspecified atom stereocenters. The van der Waals surface area contributed by atoms with Gasteiger partial charge in [-0.15, -0.1) is 0 Å². The molecule has 6 atom stereocenters. The molecule has 2 saturated carbocycles. The van der Waals surface area contributed by atoms with Crippen molar-refractivity contribution in [3.63, 3.8) is 0 Å². The van der Waals surface area contributed by atoms with Crippen molar-refractivity contribution in [2.24, 2.45) is 5.41 Å². The van der Waals surface area contributed by atoms with Gasteiger partial charge in [0.1, 0.15) is 5.82 Å². The molecule has 3 aliphatic heterocycles. The molecule has 4 heterocycles. The molecular weight excluding hydrogens is 503 g/mol. The lowest BCUT2D eigenvalue weighted by Gasteiger charge is -2.52. The van der Waals surface area contributed by atoms with Crippen LogP contribution in [-0.4, -0.2) is 95.2 Å². The van der Waals surface area contributed by atoms with Gasteiger partial charge in [0.25, 0.3) is 0 Å². The van der Waals surface area contributed by atoms with Crippen molar-refractivity contribution in [2.45, 2.75) is 93.4 Å². The van der Waals surface area contributed by atoms with E-state index in [0.29, 0.717) is 58.4 Å². The monoisotopic (exact) mass is 539 g/mol. The van der Waals surface area contributed by atoms with Crippen LogP contribution in [0.15, 0.2) is 12.4 Å². The summed E-state index contributed by atoms with van der Waals surface area (Å²) in [6.45, 7) is 2.05. The third-order valence-corrected chi connectivity index (χ3v) is 9.76. The predicted octanol–water partition coefficient (Wildman–Crippen LogP) is 2.13. The molecule has 2 N–H and O–H groups in total. The highest BCUT2D eigenvalue weighted by Crippen LogP contribution is 2.57. The minimum Gasteiger partial charge on any atom is -0.389 e. The van der Waals surface area contributed by atoms with E-state index in [1.807, 2.05) is 9.80 Å². The average molecular weight is 540 g/mol. The number of methoxy groups -OCH3 is 1. The van der Waals surface area contributed by atoms with Crippen LogP contribution in [0.2, 0.25) is 0 Å². The molecule has 0 spiro atoms. The highest BCUT2D eigenvalue weighted by atomic mass is 19.4. The van der Waals surface area contributed by atoms with E-state index >= 15 is 0 Å². The van der Waals surface area contributed by atoms with Gasteiger partial charge in [0.05, 0.1) is 48.2 Å². The SMILES string of the molecule is COC1COCCC1NC1CCC(C(=O)N2CC3CC2CN3c2cncc(C(F)(F)F)n2)(C2(O)CCC2)C1. The van der Waals surface area contributed by atoms with Gasteiger partial charge in [-0.3, -0.25) is 9.78 Å². The zero-order valence-electron chi connectivity index (χ0n) is 21.6. The summed E-state index contributed by atoms with van der Waals surface area (Å²) in [5.74, 6) is 0.197. The number of ether oxygens (including phenoxy) is 2. The Morgan fingerprint density at radius 2 is 2.03 bits per heavy atom.